The molecule has 1 fully saturated rings. The maximum absolute atomic E-state index is 12.3. The van der Waals surface area contributed by atoms with Gasteiger partial charge in [-0.25, -0.2) is 0 Å². The van der Waals surface area contributed by atoms with Gasteiger partial charge in [0.15, 0.2) is 0 Å². The zero-order valence-corrected chi connectivity index (χ0v) is 11.3. The molecular formula is C15H19NO4. The fourth-order valence-electron chi connectivity index (χ4n) is 2.36. The van der Waals surface area contributed by atoms with Crippen LogP contribution in [0.2, 0.25) is 0 Å². The summed E-state index contributed by atoms with van der Waals surface area (Å²) in [5.74, 6) is -0.587. The molecule has 1 aliphatic heterocycles. The van der Waals surface area contributed by atoms with Crippen molar-refractivity contribution in [3.8, 4) is 0 Å². The van der Waals surface area contributed by atoms with Gasteiger partial charge in [0.25, 0.3) is 0 Å². The number of ether oxygens (including phenoxy) is 1. The van der Waals surface area contributed by atoms with Gasteiger partial charge in [-0.1, -0.05) is 30.3 Å². The van der Waals surface area contributed by atoms with Gasteiger partial charge in [-0.2, -0.15) is 0 Å². The number of carbonyl (C=O) groups excluding carboxylic acids is 2. The van der Waals surface area contributed by atoms with Crippen LogP contribution < -0.4 is 0 Å². The maximum Gasteiger partial charge on any atom is 0.237 e. The van der Waals surface area contributed by atoms with Crippen molar-refractivity contribution >= 4 is 11.8 Å². The summed E-state index contributed by atoms with van der Waals surface area (Å²) in [6.45, 7) is 1.09. The molecule has 1 aromatic rings. The quantitative estimate of drug-likeness (QED) is 0.594. The average molecular weight is 277 g/mol. The van der Waals surface area contributed by atoms with E-state index >= 15 is 0 Å². The lowest BCUT2D eigenvalue weighted by Gasteiger charge is -2.15. The summed E-state index contributed by atoms with van der Waals surface area (Å²) in [7, 11) is 0. The third kappa shape index (κ3) is 3.43. The summed E-state index contributed by atoms with van der Waals surface area (Å²) in [6.07, 6.45) is 0.847. The molecule has 0 aliphatic carbocycles. The number of aliphatic hydroxyl groups excluding tert-OH is 1. The summed E-state index contributed by atoms with van der Waals surface area (Å²) in [5, 5.41) is 8.58. The van der Waals surface area contributed by atoms with E-state index in [0.29, 0.717) is 19.6 Å². The zero-order chi connectivity index (χ0) is 14.4. The Balaban J connectivity index is 1.89. The SMILES string of the molecule is O=C1CC(c2ccccc2)C(=O)N1CCCOCCO. The summed E-state index contributed by atoms with van der Waals surface area (Å²) < 4.78 is 5.13. The standard InChI is InChI=1S/C15H19NO4/c17-8-10-20-9-4-7-16-14(18)11-13(15(16)19)12-5-2-1-3-6-12/h1-3,5-6,13,17H,4,7-11H2. The Labute approximate surface area is 118 Å². The van der Waals surface area contributed by atoms with Crippen LogP contribution in [0.4, 0.5) is 0 Å². The first-order valence-corrected chi connectivity index (χ1v) is 6.82. The predicted molar refractivity (Wildman–Crippen MR) is 73.0 cm³/mol. The fraction of sp³-hybridized carbons (Fsp3) is 0.467. The number of hydrogen-bond donors (Lipinski definition) is 1. The van der Waals surface area contributed by atoms with Crippen LogP contribution in [0.5, 0.6) is 0 Å². The number of aliphatic hydroxyl groups is 1. The third-order valence-electron chi connectivity index (χ3n) is 3.35. The van der Waals surface area contributed by atoms with Gasteiger partial charge < -0.3 is 9.84 Å². The Hall–Kier alpha value is -1.72. The van der Waals surface area contributed by atoms with E-state index in [4.69, 9.17) is 9.84 Å². The predicted octanol–water partition coefficient (Wildman–Crippen LogP) is 0.928. The number of nitrogens with zero attached hydrogens (tertiary/aromatic N) is 1. The van der Waals surface area contributed by atoms with Gasteiger partial charge in [0.2, 0.25) is 11.8 Å². The van der Waals surface area contributed by atoms with E-state index in [1.165, 1.54) is 4.90 Å². The lowest BCUT2D eigenvalue weighted by atomic mass is 9.98. The highest BCUT2D eigenvalue weighted by molar-refractivity contribution is 6.06. The van der Waals surface area contributed by atoms with Crippen LogP contribution in [0.1, 0.15) is 24.3 Å². The topological polar surface area (TPSA) is 66.8 Å². The van der Waals surface area contributed by atoms with E-state index in [1.807, 2.05) is 30.3 Å². The molecule has 1 N–H and O–H groups in total. The Morgan fingerprint density at radius 2 is 1.95 bits per heavy atom. The average Bonchev–Trinajstić information content (AvgIpc) is 2.75. The van der Waals surface area contributed by atoms with Crippen LogP contribution in [0.15, 0.2) is 30.3 Å². The third-order valence-corrected chi connectivity index (χ3v) is 3.35. The number of likely N-dealkylation sites (tertiary alicyclic amines) is 1. The highest BCUT2D eigenvalue weighted by Gasteiger charge is 2.38. The maximum atomic E-state index is 12.3. The molecule has 1 aromatic carbocycles. The van der Waals surface area contributed by atoms with Crippen molar-refractivity contribution < 1.29 is 19.4 Å². The van der Waals surface area contributed by atoms with Crippen LogP contribution in [0.25, 0.3) is 0 Å². The molecule has 1 unspecified atom stereocenters. The molecule has 1 heterocycles. The number of amides is 2. The molecule has 20 heavy (non-hydrogen) atoms. The summed E-state index contributed by atoms with van der Waals surface area (Å²) in [6, 6.07) is 9.39. The molecule has 5 heteroatoms. The van der Waals surface area contributed by atoms with E-state index in [2.05, 4.69) is 0 Å². The summed E-state index contributed by atoms with van der Waals surface area (Å²) in [4.78, 5) is 25.5. The Bertz CT molecular complexity index is 460. The van der Waals surface area contributed by atoms with Crippen molar-refractivity contribution in [2.45, 2.75) is 18.8 Å². The van der Waals surface area contributed by atoms with Crippen molar-refractivity contribution in [2.75, 3.05) is 26.4 Å². The molecule has 0 aromatic heterocycles. The van der Waals surface area contributed by atoms with Crippen LogP contribution >= 0.6 is 0 Å². The van der Waals surface area contributed by atoms with Crippen molar-refractivity contribution in [3.63, 3.8) is 0 Å². The summed E-state index contributed by atoms with van der Waals surface area (Å²) >= 11 is 0. The molecule has 0 bridgehead atoms. The zero-order valence-electron chi connectivity index (χ0n) is 11.3. The minimum Gasteiger partial charge on any atom is -0.394 e. The highest BCUT2D eigenvalue weighted by Crippen LogP contribution is 2.29. The lowest BCUT2D eigenvalue weighted by Crippen LogP contribution is -2.31. The van der Waals surface area contributed by atoms with Crippen molar-refractivity contribution in [1.82, 2.24) is 4.90 Å². The molecule has 108 valence electrons. The molecule has 1 atom stereocenters. The normalized spacial score (nSPS) is 18.9. The number of carbonyl (C=O) groups is 2. The van der Waals surface area contributed by atoms with E-state index in [1.54, 1.807) is 0 Å². The first-order chi connectivity index (χ1) is 9.74. The largest absolute Gasteiger partial charge is 0.394 e. The molecule has 1 aliphatic rings. The number of imide groups is 1. The van der Waals surface area contributed by atoms with E-state index in [0.717, 1.165) is 5.56 Å². The number of rotatable bonds is 7. The van der Waals surface area contributed by atoms with Crippen molar-refractivity contribution in [1.29, 1.82) is 0 Å². The molecule has 0 spiro atoms. The molecular weight excluding hydrogens is 258 g/mol. The Morgan fingerprint density at radius 1 is 1.20 bits per heavy atom. The molecule has 2 amide bonds. The second-order valence-corrected chi connectivity index (χ2v) is 4.74. The van der Waals surface area contributed by atoms with Gasteiger partial charge >= 0.3 is 0 Å². The van der Waals surface area contributed by atoms with Gasteiger partial charge in [-0.15, -0.1) is 0 Å². The number of hydrogen-bond acceptors (Lipinski definition) is 4. The smallest absolute Gasteiger partial charge is 0.237 e. The van der Waals surface area contributed by atoms with E-state index in [-0.39, 0.29) is 37.4 Å². The van der Waals surface area contributed by atoms with E-state index in [9.17, 15) is 9.59 Å². The molecule has 2 rings (SSSR count). The number of benzene rings is 1. The molecule has 0 radical (unpaired) electrons. The van der Waals surface area contributed by atoms with Gasteiger partial charge in [0.05, 0.1) is 19.1 Å². The van der Waals surface area contributed by atoms with Crippen LogP contribution in [-0.2, 0) is 14.3 Å². The second kappa shape index (κ2) is 7.17. The van der Waals surface area contributed by atoms with Crippen LogP contribution in [-0.4, -0.2) is 48.2 Å². The first kappa shape index (κ1) is 14.7. The summed E-state index contributed by atoms with van der Waals surface area (Å²) in [5.41, 5.74) is 0.893. The van der Waals surface area contributed by atoms with Gasteiger partial charge in [0.1, 0.15) is 0 Å². The first-order valence-electron chi connectivity index (χ1n) is 6.82. The Kier molecular flexibility index (Phi) is 5.26. The second-order valence-electron chi connectivity index (χ2n) is 4.74. The van der Waals surface area contributed by atoms with Gasteiger partial charge in [-0.3, -0.25) is 14.5 Å². The lowest BCUT2D eigenvalue weighted by molar-refractivity contribution is -0.138. The van der Waals surface area contributed by atoms with Crippen LogP contribution in [0, 0.1) is 0 Å². The van der Waals surface area contributed by atoms with Gasteiger partial charge in [-0.05, 0) is 12.0 Å². The van der Waals surface area contributed by atoms with Crippen molar-refractivity contribution in [3.05, 3.63) is 35.9 Å². The molecule has 5 nitrogen and oxygen atoms in total. The van der Waals surface area contributed by atoms with Gasteiger partial charge in [0, 0.05) is 19.6 Å². The fourth-order valence-corrected chi connectivity index (χ4v) is 2.36. The Morgan fingerprint density at radius 3 is 2.65 bits per heavy atom. The monoisotopic (exact) mass is 277 g/mol. The molecule has 0 saturated carbocycles. The minimum atomic E-state index is -0.345. The highest BCUT2D eigenvalue weighted by atomic mass is 16.5. The van der Waals surface area contributed by atoms with Crippen molar-refractivity contribution in [2.24, 2.45) is 0 Å². The van der Waals surface area contributed by atoms with Crippen LogP contribution in [0.3, 0.4) is 0 Å². The minimum absolute atomic E-state index is 0.0162. The molecule has 1 saturated heterocycles. The van der Waals surface area contributed by atoms with E-state index < -0.39 is 0 Å².